The van der Waals surface area contributed by atoms with Crippen LogP contribution < -0.4 is 10.1 Å². The van der Waals surface area contributed by atoms with Gasteiger partial charge in [0.25, 0.3) is 5.91 Å². The molecule has 0 heterocycles. The lowest BCUT2D eigenvalue weighted by molar-refractivity contribution is -0.137. The first kappa shape index (κ1) is 20.5. The highest BCUT2D eigenvalue weighted by Gasteiger charge is 2.31. The summed E-state index contributed by atoms with van der Waals surface area (Å²) < 4.78 is 56.1. The number of hydrogen-bond donors (Lipinski definition) is 1. The average molecular weight is 401 g/mol. The van der Waals surface area contributed by atoms with Gasteiger partial charge >= 0.3 is 6.18 Å². The molecule has 0 saturated carbocycles. The van der Waals surface area contributed by atoms with Crippen molar-refractivity contribution in [3.8, 4) is 11.8 Å². The van der Waals surface area contributed by atoms with E-state index in [1.807, 2.05) is 6.07 Å². The van der Waals surface area contributed by atoms with Crippen molar-refractivity contribution >= 4 is 17.5 Å². The average Bonchev–Trinajstić information content (AvgIpc) is 2.60. The molecular formula is C18H13ClF4N2O2. The van der Waals surface area contributed by atoms with E-state index in [0.29, 0.717) is 0 Å². The van der Waals surface area contributed by atoms with Crippen LogP contribution in [0.3, 0.4) is 0 Å². The van der Waals surface area contributed by atoms with Crippen LogP contribution in [-0.4, -0.2) is 18.1 Å². The van der Waals surface area contributed by atoms with Gasteiger partial charge in [-0.2, -0.15) is 18.4 Å². The van der Waals surface area contributed by atoms with E-state index >= 15 is 0 Å². The summed E-state index contributed by atoms with van der Waals surface area (Å²) in [6, 6.07) is 8.84. The standard InChI is InChI=1S/C18H13ClF4N2O2/c1-17(9-24,10-27-15-7-6-13(20)8-14(15)19)25-16(26)11-2-4-12(5-3-11)18(21,22)23/h2-8H,10H2,1H3,(H,25,26). The van der Waals surface area contributed by atoms with Crippen molar-refractivity contribution in [1.82, 2.24) is 5.32 Å². The molecule has 1 N–H and O–H groups in total. The topological polar surface area (TPSA) is 62.1 Å². The molecule has 27 heavy (non-hydrogen) atoms. The Labute approximate surface area is 157 Å². The van der Waals surface area contributed by atoms with Crippen molar-refractivity contribution in [2.24, 2.45) is 0 Å². The van der Waals surface area contributed by atoms with E-state index < -0.39 is 29.0 Å². The van der Waals surface area contributed by atoms with Crippen LogP contribution >= 0.6 is 11.6 Å². The lowest BCUT2D eigenvalue weighted by Crippen LogP contribution is -2.49. The summed E-state index contributed by atoms with van der Waals surface area (Å²) in [5, 5.41) is 11.7. The van der Waals surface area contributed by atoms with Gasteiger partial charge in [0.2, 0.25) is 0 Å². The van der Waals surface area contributed by atoms with Crippen LogP contribution in [0.25, 0.3) is 0 Å². The van der Waals surface area contributed by atoms with Gasteiger partial charge in [-0.25, -0.2) is 4.39 Å². The predicted molar refractivity (Wildman–Crippen MR) is 89.8 cm³/mol. The maximum atomic E-state index is 13.0. The molecule has 0 aromatic heterocycles. The third-order valence-electron chi connectivity index (χ3n) is 3.52. The van der Waals surface area contributed by atoms with Crippen LogP contribution in [0.4, 0.5) is 17.6 Å². The largest absolute Gasteiger partial charge is 0.488 e. The van der Waals surface area contributed by atoms with E-state index in [2.05, 4.69) is 5.32 Å². The molecule has 0 aliphatic heterocycles. The second-order valence-electron chi connectivity index (χ2n) is 5.84. The molecule has 9 heteroatoms. The molecule has 0 spiro atoms. The Balaban J connectivity index is 2.08. The highest BCUT2D eigenvalue weighted by Crippen LogP contribution is 2.29. The van der Waals surface area contributed by atoms with Gasteiger partial charge in [0.1, 0.15) is 18.2 Å². The fourth-order valence-corrected chi connectivity index (χ4v) is 2.27. The minimum Gasteiger partial charge on any atom is -0.488 e. The van der Waals surface area contributed by atoms with Crippen molar-refractivity contribution in [1.29, 1.82) is 5.26 Å². The molecule has 4 nitrogen and oxygen atoms in total. The van der Waals surface area contributed by atoms with Crippen molar-refractivity contribution in [2.75, 3.05) is 6.61 Å². The van der Waals surface area contributed by atoms with Crippen LogP contribution in [0.2, 0.25) is 5.02 Å². The number of nitriles is 1. The monoisotopic (exact) mass is 400 g/mol. The predicted octanol–water partition coefficient (Wildman–Crippen LogP) is 4.59. The number of benzene rings is 2. The van der Waals surface area contributed by atoms with Gasteiger partial charge in [0.05, 0.1) is 16.7 Å². The summed E-state index contributed by atoms with van der Waals surface area (Å²) in [5.74, 6) is -1.20. The first-order valence-corrected chi connectivity index (χ1v) is 7.91. The Kier molecular flexibility index (Phi) is 5.96. The molecule has 0 aliphatic carbocycles. The van der Waals surface area contributed by atoms with Crippen molar-refractivity contribution in [3.63, 3.8) is 0 Å². The molecular weight excluding hydrogens is 388 g/mol. The smallest absolute Gasteiger partial charge is 0.416 e. The van der Waals surface area contributed by atoms with Gasteiger partial charge in [-0.1, -0.05) is 11.6 Å². The van der Waals surface area contributed by atoms with E-state index in [1.54, 1.807) is 0 Å². The lowest BCUT2D eigenvalue weighted by Gasteiger charge is -2.24. The van der Waals surface area contributed by atoms with Gasteiger partial charge in [-0.15, -0.1) is 0 Å². The van der Waals surface area contributed by atoms with Crippen LogP contribution in [0.5, 0.6) is 5.75 Å². The summed E-state index contributed by atoms with van der Waals surface area (Å²) in [6.45, 7) is 1.05. The molecule has 1 atom stereocenters. The van der Waals surface area contributed by atoms with Crippen LogP contribution in [0, 0.1) is 17.1 Å². The van der Waals surface area contributed by atoms with E-state index in [9.17, 15) is 27.6 Å². The highest BCUT2D eigenvalue weighted by molar-refractivity contribution is 6.32. The minimum absolute atomic E-state index is 0.00986. The quantitative estimate of drug-likeness (QED) is 0.747. The maximum absolute atomic E-state index is 13.0. The summed E-state index contributed by atoms with van der Waals surface area (Å²) in [4.78, 5) is 12.2. The molecule has 1 amide bonds. The first-order chi connectivity index (χ1) is 12.5. The fraction of sp³-hybridized carbons (Fsp3) is 0.222. The van der Waals surface area contributed by atoms with Crippen molar-refractivity contribution in [2.45, 2.75) is 18.6 Å². The van der Waals surface area contributed by atoms with Gasteiger partial charge in [-0.3, -0.25) is 4.79 Å². The molecule has 0 bridgehead atoms. The SMILES string of the molecule is CC(C#N)(COc1ccc(F)cc1Cl)NC(=O)c1ccc(C(F)(F)F)cc1. The van der Waals surface area contributed by atoms with E-state index in [-0.39, 0.29) is 22.9 Å². The molecule has 2 aromatic rings. The summed E-state index contributed by atoms with van der Waals surface area (Å²) >= 11 is 5.83. The zero-order valence-corrected chi connectivity index (χ0v) is 14.7. The minimum atomic E-state index is -4.52. The Morgan fingerprint density at radius 3 is 2.37 bits per heavy atom. The van der Waals surface area contributed by atoms with E-state index in [0.717, 1.165) is 36.4 Å². The number of nitrogens with one attached hydrogen (secondary N) is 1. The van der Waals surface area contributed by atoms with Crippen molar-refractivity contribution < 1.29 is 27.1 Å². The molecule has 0 saturated heterocycles. The molecule has 1 unspecified atom stereocenters. The molecule has 2 rings (SSSR count). The Bertz CT molecular complexity index is 878. The number of amides is 1. The van der Waals surface area contributed by atoms with Gasteiger partial charge in [0.15, 0.2) is 5.54 Å². The summed E-state index contributed by atoms with van der Waals surface area (Å²) in [5.41, 5.74) is -2.45. The second kappa shape index (κ2) is 7.84. The van der Waals surface area contributed by atoms with Crippen LogP contribution in [0.15, 0.2) is 42.5 Å². The maximum Gasteiger partial charge on any atom is 0.416 e. The number of hydrogen-bond acceptors (Lipinski definition) is 3. The first-order valence-electron chi connectivity index (χ1n) is 7.53. The molecule has 2 aromatic carbocycles. The van der Waals surface area contributed by atoms with Gasteiger partial charge in [-0.05, 0) is 49.4 Å². The Morgan fingerprint density at radius 1 is 1.22 bits per heavy atom. The third-order valence-corrected chi connectivity index (χ3v) is 3.82. The Hall–Kier alpha value is -2.79. The molecule has 142 valence electrons. The summed E-state index contributed by atoms with van der Waals surface area (Å²) in [7, 11) is 0. The zero-order valence-electron chi connectivity index (χ0n) is 13.9. The van der Waals surface area contributed by atoms with Crippen LogP contribution in [-0.2, 0) is 6.18 Å². The molecule has 0 radical (unpaired) electrons. The second-order valence-corrected chi connectivity index (χ2v) is 6.24. The molecule has 0 aliphatic rings. The lowest BCUT2D eigenvalue weighted by atomic mass is 10.0. The highest BCUT2D eigenvalue weighted by atomic mass is 35.5. The van der Waals surface area contributed by atoms with Crippen LogP contribution in [0.1, 0.15) is 22.8 Å². The number of halogens is 5. The summed E-state index contributed by atoms with van der Waals surface area (Å²) in [6.07, 6.45) is -4.52. The zero-order chi connectivity index (χ0) is 20.2. The normalized spacial score (nSPS) is 13.4. The fourth-order valence-electron chi connectivity index (χ4n) is 2.04. The van der Waals surface area contributed by atoms with E-state index in [1.165, 1.54) is 13.0 Å². The number of ether oxygens (including phenoxy) is 1. The number of nitrogens with zero attached hydrogens (tertiary/aromatic N) is 1. The number of carbonyl (C=O) groups is 1. The van der Waals surface area contributed by atoms with E-state index in [4.69, 9.17) is 16.3 Å². The number of alkyl halides is 3. The Morgan fingerprint density at radius 2 is 1.85 bits per heavy atom. The molecule has 0 fully saturated rings. The number of rotatable bonds is 5. The van der Waals surface area contributed by atoms with Gasteiger partial charge < -0.3 is 10.1 Å². The number of carbonyl (C=O) groups excluding carboxylic acids is 1. The van der Waals surface area contributed by atoms with Gasteiger partial charge in [0, 0.05) is 5.56 Å². The van der Waals surface area contributed by atoms with Crippen molar-refractivity contribution in [3.05, 3.63) is 64.4 Å². The third kappa shape index (κ3) is 5.34.